The van der Waals surface area contributed by atoms with Gasteiger partial charge in [-0.3, -0.25) is 4.79 Å². The van der Waals surface area contributed by atoms with Gasteiger partial charge in [-0.1, -0.05) is 5.16 Å². The van der Waals surface area contributed by atoms with E-state index < -0.39 is 12.2 Å². The molecule has 29 heavy (non-hydrogen) atoms. The van der Waals surface area contributed by atoms with Crippen molar-refractivity contribution in [2.45, 2.75) is 50.9 Å². The number of alkyl halides is 2. The summed E-state index contributed by atoms with van der Waals surface area (Å²) in [6, 6.07) is 4.78. The molecular weight excluding hydrogens is 386 g/mol. The third-order valence-electron chi connectivity index (χ3n) is 5.52. The molecule has 1 aromatic rings. The summed E-state index contributed by atoms with van der Waals surface area (Å²) in [5, 5.41) is 4.19. The van der Waals surface area contributed by atoms with Crippen LogP contribution in [0.1, 0.15) is 38.2 Å². The number of rotatable bonds is 5. The van der Waals surface area contributed by atoms with Gasteiger partial charge in [-0.25, -0.2) is 0 Å². The molecule has 2 fully saturated rings. The minimum atomic E-state index is -2.96. The van der Waals surface area contributed by atoms with Crippen LogP contribution in [0, 0.1) is 0 Å². The zero-order valence-corrected chi connectivity index (χ0v) is 16.2. The zero-order valence-electron chi connectivity index (χ0n) is 16.2. The molecule has 0 N–H and O–H groups in total. The second kappa shape index (κ2) is 8.14. The SMILES string of the molecule is CC(=O)N1CCCC(Oc2cc(C3=NOC4(CCOC4)C3)ccc2OC(F)F)C1. The van der Waals surface area contributed by atoms with Gasteiger partial charge in [0.2, 0.25) is 5.91 Å². The first kappa shape index (κ1) is 19.9. The number of nitrogens with zero attached hydrogens (tertiary/aromatic N) is 2. The predicted octanol–water partition coefficient (Wildman–Crippen LogP) is 2.96. The summed E-state index contributed by atoms with van der Waals surface area (Å²) in [7, 11) is 0. The van der Waals surface area contributed by atoms with Gasteiger partial charge >= 0.3 is 6.61 Å². The Kier molecular flexibility index (Phi) is 5.58. The van der Waals surface area contributed by atoms with E-state index in [-0.39, 0.29) is 23.5 Å². The number of piperidine rings is 1. The van der Waals surface area contributed by atoms with Gasteiger partial charge in [0.15, 0.2) is 17.1 Å². The first-order valence-electron chi connectivity index (χ1n) is 9.78. The summed E-state index contributed by atoms with van der Waals surface area (Å²) in [4.78, 5) is 19.0. The standard InChI is InChI=1S/C20H24F2N2O5/c1-13(25)24-7-2-3-15(11-24)27-18-9-14(4-5-17(18)28-19(21)22)16-10-20(29-23-16)6-8-26-12-20/h4-5,9,15,19H,2-3,6-8,10-12H2,1H3. The van der Waals surface area contributed by atoms with Crippen LogP contribution >= 0.6 is 0 Å². The molecule has 3 heterocycles. The molecule has 0 bridgehead atoms. The summed E-state index contributed by atoms with van der Waals surface area (Å²) < 4.78 is 41.8. The minimum Gasteiger partial charge on any atom is -0.485 e. The number of hydrogen-bond acceptors (Lipinski definition) is 6. The smallest absolute Gasteiger partial charge is 0.387 e. The fourth-order valence-corrected chi connectivity index (χ4v) is 3.95. The van der Waals surface area contributed by atoms with Crippen molar-refractivity contribution >= 4 is 11.6 Å². The molecule has 1 spiro atoms. The molecule has 2 atom stereocenters. The van der Waals surface area contributed by atoms with Gasteiger partial charge in [-0.2, -0.15) is 8.78 Å². The van der Waals surface area contributed by atoms with Gasteiger partial charge in [0.1, 0.15) is 6.10 Å². The molecule has 158 valence electrons. The Hall–Kier alpha value is -2.42. The van der Waals surface area contributed by atoms with Gasteiger partial charge in [0.05, 0.1) is 25.5 Å². The molecule has 0 saturated carbocycles. The van der Waals surface area contributed by atoms with Crippen LogP contribution in [0.5, 0.6) is 11.5 Å². The lowest BCUT2D eigenvalue weighted by molar-refractivity contribution is -0.131. The number of likely N-dealkylation sites (tertiary alicyclic amines) is 1. The van der Waals surface area contributed by atoms with E-state index in [9.17, 15) is 13.6 Å². The monoisotopic (exact) mass is 410 g/mol. The largest absolute Gasteiger partial charge is 0.485 e. The number of carbonyl (C=O) groups is 1. The average Bonchev–Trinajstić information content (AvgIpc) is 3.33. The molecule has 7 nitrogen and oxygen atoms in total. The van der Waals surface area contributed by atoms with Crippen LogP contribution in [0.3, 0.4) is 0 Å². The molecule has 0 radical (unpaired) electrons. The third-order valence-corrected chi connectivity index (χ3v) is 5.52. The van der Waals surface area contributed by atoms with Crippen LogP contribution in [0.15, 0.2) is 23.4 Å². The first-order valence-corrected chi connectivity index (χ1v) is 9.78. The van der Waals surface area contributed by atoms with E-state index in [2.05, 4.69) is 9.89 Å². The van der Waals surface area contributed by atoms with Crippen LogP contribution in [0.25, 0.3) is 0 Å². The Labute approximate surface area is 167 Å². The average molecular weight is 410 g/mol. The number of ether oxygens (including phenoxy) is 3. The maximum atomic E-state index is 12.9. The molecule has 2 unspecified atom stereocenters. The van der Waals surface area contributed by atoms with Gasteiger partial charge in [0, 0.05) is 31.9 Å². The van der Waals surface area contributed by atoms with Crippen molar-refractivity contribution in [3.05, 3.63) is 23.8 Å². The van der Waals surface area contributed by atoms with E-state index in [1.54, 1.807) is 17.0 Å². The van der Waals surface area contributed by atoms with Crippen LogP contribution in [-0.2, 0) is 14.4 Å². The van der Waals surface area contributed by atoms with Crippen LogP contribution in [-0.4, -0.2) is 61.1 Å². The Morgan fingerprint density at radius 3 is 2.97 bits per heavy atom. The Morgan fingerprint density at radius 1 is 1.38 bits per heavy atom. The van der Waals surface area contributed by atoms with Crippen LogP contribution < -0.4 is 9.47 Å². The van der Waals surface area contributed by atoms with Crippen molar-refractivity contribution in [1.82, 2.24) is 4.90 Å². The Balaban J connectivity index is 1.54. The number of amides is 1. The van der Waals surface area contributed by atoms with Gasteiger partial charge in [0.25, 0.3) is 0 Å². The van der Waals surface area contributed by atoms with Crippen molar-refractivity contribution in [2.24, 2.45) is 5.16 Å². The number of halogens is 2. The van der Waals surface area contributed by atoms with Gasteiger partial charge < -0.3 is 23.9 Å². The Morgan fingerprint density at radius 2 is 2.24 bits per heavy atom. The summed E-state index contributed by atoms with van der Waals surface area (Å²) in [5.41, 5.74) is 1.02. The highest BCUT2D eigenvalue weighted by Crippen LogP contribution is 2.37. The second-order valence-corrected chi connectivity index (χ2v) is 7.68. The van der Waals surface area contributed by atoms with Gasteiger partial charge in [-0.05, 0) is 31.0 Å². The van der Waals surface area contributed by atoms with E-state index in [0.717, 1.165) is 30.5 Å². The molecule has 0 aromatic heterocycles. The van der Waals surface area contributed by atoms with E-state index in [0.29, 0.717) is 32.7 Å². The highest BCUT2D eigenvalue weighted by Gasteiger charge is 2.43. The number of benzene rings is 1. The van der Waals surface area contributed by atoms with Crippen molar-refractivity contribution in [1.29, 1.82) is 0 Å². The summed E-state index contributed by atoms with van der Waals surface area (Å²) in [5.74, 6) is 0.143. The second-order valence-electron chi connectivity index (χ2n) is 7.68. The Bertz CT molecular complexity index is 795. The molecule has 0 aliphatic carbocycles. The van der Waals surface area contributed by atoms with E-state index in [4.69, 9.17) is 14.3 Å². The van der Waals surface area contributed by atoms with Crippen molar-refractivity contribution in [3.8, 4) is 11.5 Å². The number of oxime groups is 1. The molecule has 1 aromatic carbocycles. The van der Waals surface area contributed by atoms with E-state index in [1.165, 1.54) is 13.0 Å². The third kappa shape index (κ3) is 4.44. The highest BCUT2D eigenvalue weighted by atomic mass is 19.3. The molecule has 3 aliphatic heterocycles. The summed E-state index contributed by atoms with van der Waals surface area (Å²) >= 11 is 0. The molecule has 3 aliphatic rings. The van der Waals surface area contributed by atoms with Crippen molar-refractivity contribution < 1.29 is 32.6 Å². The topological polar surface area (TPSA) is 69.6 Å². The van der Waals surface area contributed by atoms with Crippen LogP contribution in [0.4, 0.5) is 8.78 Å². The fraction of sp³-hybridized carbons (Fsp3) is 0.600. The quantitative estimate of drug-likeness (QED) is 0.747. The predicted molar refractivity (Wildman–Crippen MR) is 99.4 cm³/mol. The highest BCUT2D eigenvalue weighted by molar-refractivity contribution is 6.02. The lowest BCUT2D eigenvalue weighted by Crippen LogP contribution is -2.43. The summed E-state index contributed by atoms with van der Waals surface area (Å²) in [6.45, 7) is 0.752. The fourth-order valence-electron chi connectivity index (χ4n) is 3.95. The normalized spacial score (nSPS) is 26.6. The van der Waals surface area contributed by atoms with Crippen molar-refractivity contribution in [3.63, 3.8) is 0 Å². The molecular formula is C20H24F2N2O5. The molecule has 4 rings (SSSR count). The lowest BCUT2D eigenvalue weighted by atomic mass is 9.93. The van der Waals surface area contributed by atoms with Gasteiger partial charge in [-0.15, -0.1) is 0 Å². The maximum Gasteiger partial charge on any atom is 0.387 e. The van der Waals surface area contributed by atoms with Crippen LogP contribution in [0.2, 0.25) is 0 Å². The molecule has 2 saturated heterocycles. The zero-order chi connectivity index (χ0) is 20.4. The maximum absolute atomic E-state index is 12.9. The van der Waals surface area contributed by atoms with E-state index in [1.807, 2.05) is 0 Å². The van der Waals surface area contributed by atoms with E-state index >= 15 is 0 Å². The summed E-state index contributed by atoms with van der Waals surface area (Å²) in [6.07, 6.45) is 2.58. The first-order chi connectivity index (χ1) is 13.9. The number of carbonyl (C=O) groups excluding carboxylic acids is 1. The van der Waals surface area contributed by atoms with Crippen molar-refractivity contribution in [2.75, 3.05) is 26.3 Å². The molecule has 9 heteroatoms. The lowest BCUT2D eigenvalue weighted by Gasteiger charge is -2.32. The minimum absolute atomic E-state index is 0.0300. The number of hydrogen-bond donors (Lipinski definition) is 0. The molecule has 1 amide bonds.